The number of nitrogens with zero attached hydrogens (tertiary/aromatic N) is 1. The van der Waals surface area contributed by atoms with Gasteiger partial charge in [-0.15, -0.1) is 12.4 Å². The number of nitrogens with one attached hydrogen (secondary N) is 2. The average molecular weight is 344 g/mol. The lowest BCUT2D eigenvalue weighted by Crippen LogP contribution is -2.32. The Balaban J connectivity index is 0.00000484. The number of rotatable bonds is 7. The Morgan fingerprint density at radius 1 is 1.22 bits per heavy atom. The Hall–Kier alpha value is -1.66. The fourth-order valence-electron chi connectivity index (χ4n) is 2.13. The highest BCUT2D eigenvalue weighted by Crippen LogP contribution is 2.31. The van der Waals surface area contributed by atoms with Gasteiger partial charge >= 0.3 is 0 Å². The molecular weight excluding hydrogens is 318 g/mol. The fraction of sp³-hybridized carbons (Fsp3) is 0.562. The summed E-state index contributed by atoms with van der Waals surface area (Å²) >= 11 is 0. The lowest BCUT2D eigenvalue weighted by atomic mass is 9.85. The van der Waals surface area contributed by atoms with E-state index in [0.29, 0.717) is 24.2 Å². The molecule has 7 heteroatoms. The molecule has 1 rings (SSSR count). The van der Waals surface area contributed by atoms with E-state index in [9.17, 15) is 14.9 Å². The summed E-state index contributed by atoms with van der Waals surface area (Å²) in [6.45, 7) is 9.88. The lowest BCUT2D eigenvalue weighted by molar-refractivity contribution is -0.386. The molecule has 0 unspecified atom stereocenters. The van der Waals surface area contributed by atoms with Crippen LogP contribution in [0.2, 0.25) is 0 Å². The number of carbonyl (C=O) groups excluding carboxylic acids is 1. The maximum atomic E-state index is 12.1. The predicted molar refractivity (Wildman–Crippen MR) is 94.5 cm³/mol. The molecule has 0 aliphatic rings. The molecule has 2 N–H and O–H groups in total. The zero-order valence-corrected chi connectivity index (χ0v) is 15.0. The summed E-state index contributed by atoms with van der Waals surface area (Å²) in [5, 5.41) is 17.2. The van der Waals surface area contributed by atoms with Crippen molar-refractivity contribution in [3.8, 4) is 0 Å². The molecule has 0 radical (unpaired) electrons. The van der Waals surface area contributed by atoms with Gasteiger partial charge in [0.2, 0.25) is 0 Å². The summed E-state index contributed by atoms with van der Waals surface area (Å²) in [5.41, 5.74) is 0.583. The van der Waals surface area contributed by atoms with E-state index in [1.165, 1.54) is 6.07 Å². The number of halogens is 1. The SMILES string of the molecule is CCCNCCNC(=O)c1ccc(C(C)(C)C)c([N+](=O)[O-])c1.Cl. The van der Waals surface area contributed by atoms with Crippen LogP contribution in [0.4, 0.5) is 5.69 Å². The topological polar surface area (TPSA) is 84.3 Å². The Morgan fingerprint density at radius 3 is 2.39 bits per heavy atom. The van der Waals surface area contributed by atoms with Gasteiger partial charge in [-0.25, -0.2) is 0 Å². The second-order valence-electron chi connectivity index (χ2n) is 6.24. The van der Waals surface area contributed by atoms with Crippen molar-refractivity contribution in [1.82, 2.24) is 10.6 Å². The van der Waals surface area contributed by atoms with Gasteiger partial charge in [-0.3, -0.25) is 14.9 Å². The Morgan fingerprint density at radius 2 is 1.87 bits per heavy atom. The number of hydrogen-bond donors (Lipinski definition) is 2. The Kier molecular flexibility index (Phi) is 8.79. The van der Waals surface area contributed by atoms with Crippen molar-refractivity contribution in [3.05, 3.63) is 39.4 Å². The van der Waals surface area contributed by atoms with Crippen LogP contribution in [0.5, 0.6) is 0 Å². The molecule has 1 amide bonds. The standard InChI is InChI=1S/C16H25N3O3.ClH/c1-5-8-17-9-10-18-15(20)12-6-7-13(16(2,3)4)14(11-12)19(21)22;/h6-7,11,17H,5,8-10H2,1-4H3,(H,18,20);1H. The van der Waals surface area contributed by atoms with E-state index in [-0.39, 0.29) is 29.4 Å². The second kappa shape index (κ2) is 9.47. The summed E-state index contributed by atoms with van der Waals surface area (Å²) < 4.78 is 0. The third-order valence-electron chi connectivity index (χ3n) is 3.28. The molecule has 0 fully saturated rings. The molecule has 0 aliphatic heterocycles. The van der Waals surface area contributed by atoms with E-state index in [1.54, 1.807) is 12.1 Å². The number of amides is 1. The summed E-state index contributed by atoms with van der Waals surface area (Å²) in [7, 11) is 0. The van der Waals surface area contributed by atoms with Gasteiger partial charge in [0.15, 0.2) is 0 Å². The minimum Gasteiger partial charge on any atom is -0.351 e. The van der Waals surface area contributed by atoms with Crippen molar-refractivity contribution in [3.63, 3.8) is 0 Å². The molecule has 0 aromatic heterocycles. The molecule has 130 valence electrons. The van der Waals surface area contributed by atoms with Crippen LogP contribution in [0.25, 0.3) is 0 Å². The maximum absolute atomic E-state index is 12.1. The summed E-state index contributed by atoms with van der Waals surface area (Å²) in [6.07, 6.45) is 1.04. The van der Waals surface area contributed by atoms with E-state index in [2.05, 4.69) is 17.6 Å². The summed E-state index contributed by atoms with van der Waals surface area (Å²) in [4.78, 5) is 22.9. The number of carbonyl (C=O) groups is 1. The first-order valence-corrected chi connectivity index (χ1v) is 7.55. The quantitative estimate of drug-likeness (QED) is 0.452. The summed E-state index contributed by atoms with van der Waals surface area (Å²) in [5.74, 6) is -0.290. The van der Waals surface area contributed by atoms with Crippen LogP contribution in [0.3, 0.4) is 0 Å². The van der Waals surface area contributed by atoms with Crippen molar-refractivity contribution in [1.29, 1.82) is 0 Å². The largest absolute Gasteiger partial charge is 0.351 e. The van der Waals surface area contributed by atoms with Crippen molar-refractivity contribution in [2.24, 2.45) is 0 Å². The number of benzene rings is 1. The predicted octanol–water partition coefficient (Wildman–Crippen LogP) is 3.04. The van der Waals surface area contributed by atoms with Crippen molar-refractivity contribution in [2.75, 3.05) is 19.6 Å². The zero-order valence-electron chi connectivity index (χ0n) is 14.1. The van der Waals surface area contributed by atoms with Crippen LogP contribution < -0.4 is 10.6 Å². The van der Waals surface area contributed by atoms with E-state index >= 15 is 0 Å². The van der Waals surface area contributed by atoms with Gasteiger partial charge in [0, 0.05) is 30.3 Å². The van der Waals surface area contributed by atoms with Crippen LogP contribution in [0.1, 0.15) is 50.0 Å². The first-order chi connectivity index (χ1) is 10.3. The molecule has 0 atom stereocenters. The van der Waals surface area contributed by atoms with E-state index in [4.69, 9.17) is 0 Å². The van der Waals surface area contributed by atoms with Crippen molar-refractivity contribution < 1.29 is 9.72 Å². The molecule has 1 aromatic rings. The highest BCUT2D eigenvalue weighted by molar-refractivity contribution is 5.95. The zero-order chi connectivity index (χ0) is 16.8. The fourth-order valence-corrected chi connectivity index (χ4v) is 2.13. The van der Waals surface area contributed by atoms with Crippen LogP contribution in [-0.2, 0) is 5.41 Å². The molecule has 0 spiro atoms. The highest BCUT2D eigenvalue weighted by atomic mass is 35.5. The van der Waals surface area contributed by atoms with Crippen LogP contribution in [0, 0.1) is 10.1 Å². The van der Waals surface area contributed by atoms with Crippen molar-refractivity contribution in [2.45, 2.75) is 39.5 Å². The highest BCUT2D eigenvalue weighted by Gasteiger charge is 2.25. The van der Waals surface area contributed by atoms with Crippen LogP contribution >= 0.6 is 12.4 Å². The maximum Gasteiger partial charge on any atom is 0.273 e. The minimum absolute atomic E-state index is 0. The van der Waals surface area contributed by atoms with Crippen LogP contribution in [-0.4, -0.2) is 30.5 Å². The van der Waals surface area contributed by atoms with Crippen LogP contribution in [0.15, 0.2) is 18.2 Å². The Labute approximate surface area is 143 Å². The van der Waals surface area contributed by atoms with Gasteiger partial charge in [0.05, 0.1) is 4.92 Å². The normalized spacial score (nSPS) is 10.8. The summed E-state index contributed by atoms with van der Waals surface area (Å²) in [6, 6.07) is 4.67. The molecule has 0 saturated carbocycles. The van der Waals surface area contributed by atoms with Gasteiger partial charge in [-0.1, -0.05) is 33.8 Å². The van der Waals surface area contributed by atoms with Gasteiger partial charge in [-0.05, 0) is 24.4 Å². The smallest absolute Gasteiger partial charge is 0.273 e. The molecule has 0 heterocycles. The third kappa shape index (κ3) is 6.54. The van der Waals surface area contributed by atoms with E-state index < -0.39 is 4.92 Å². The van der Waals surface area contributed by atoms with Gasteiger partial charge in [0.1, 0.15) is 0 Å². The third-order valence-corrected chi connectivity index (χ3v) is 3.28. The second-order valence-corrected chi connectivity index (χ2v) is 6.24. The van der Waals surface area contributed by atoms with Gasteiger partial charge in [-0.2, -0.15) is 0 Å². The first kappa shape index (κ1) is 21.3. The monoisotopic (exact) mass is 343 g/mol. The van der Waals surface area contributed by atoms with Gasteiger partial charge < -0.3 is 10.6 Å². The number of nitro groups is 1. The molecule has 0 saturated heterocycles. The molecular formula is C16H26ClN3O3. The number of hydrogen-bond acceptors (Lipinski definition) is 4. The van der Waals surface area contributed by atoms with E-state index in [0.717, 1.165) is 13.0 Å². The van der Waals surface area contributed by atoms with Gasteiger partial charge in [0.25, 0.3) is 11.6 Å². The first-order valence-electron chi connectivity index (χ1n) is 7.55. The molecule has 0 aliphatic carbocycles. The lowest BCUT2D eigenvalue weighted by Gasteiger charge is -2.19. The Bertz CT molecular complexity index is 542. The number of nitro benzene ring substituents is 1. The molecule has 1 aromatic carbocycles. The van der Waals surface area contributed by atoms with Crippen molar-refractivity contribution >= 4 is 24.0 Å². The molecule has 23 heavy (non-hydrogen) atoms. The van der Waals surface area contributed by atoms with E-state index in [1.807, 2.05) is 20.8 Å². The minimum atomic E-state index is -0.430. The molecule has 6 nitrogen and oxygen atoms in total. The average Bonchev–Trinajstić information content (AvgIpc) is 2.45. The molecule has 0 bridgehead atoms.